The molecule has 2 aromatic rings. The van der Waals surface area contributed by atoms with Crippen LogP contribution >= 0.6 is 11.3 Å². The molecular formula is C16H16N2O5S. The Bertz CT molecular complexity index is 732. The normalized spacial score (nSPS) is 13.4. The van der Waals surface area contributed by atoms with E-state index in [2.05, 4.69) is 10.6 Å². The first-order chi connectivity index (χ1) is 11.6. The van der Waals surface area contributed by atoms with Crippen molar-refractivity contribution in [1.82, 2.24) is 5.32 Å². The fourth-order valence-corrected chi connectivity index (χ4v) is 2.90. The highest BCUT2D eigenvalue weighted by Gasteiger charge is 2.17. The van der Waals surface area contributed by atoms with Gasteiger partial charge in [0, 0.05) is 18.3 Å². The number of carbonyl (C=O) groups is 2. The first kappa shape index (κ1) is 16.3. The van der Waals surface area contributed by atoms with E-state index < -0.39 is 17.9 Å². The third kappa shape index (κ3) is 3.84. The molecule has 126 valence electrons. The van der Waals surface area contributed by atoms with Crippen LogP contribution in [0.3, 0.4) is 0 Å². The van der Waals surface area contributed by atoms with E-state index in [0.717, 1.165) is 5.56 Å². The zero-order valence-corrected chi connectivity index (χ0v) is 13.5. The Morgan fingerprint density at radius 1 is 1.21 bits per heavy atom. The number of thiophene rings is 1. The molecule has 2 amide bonds. The Kier molecular flexibility index (Phi) is 4.97. The first-order valence-corrected chi connectivity index (χ1v) is 8.27. The Balaban J connectivity index is 1.45. The summed E-state index contributed by atoms with van der Waals surface area (Å²) in [7, 11) is 0. The van der Waals surface area contributed by atoms with E-state index >= 15 is 0 Å². The molecular weight excluding hydrogens is 332 g/mol. The zero-order valence-electron chi connectivity index (χ0n) is 12.7. The number of carbonyl (C=O) groups excluding carboxylic acids is 2. The monoisotopic (exact) mass is 348 g/mol. The number of hydrogen-bond donors (Lipinski definition) is 3. The predicted molar refractivity (Wildman–Crippen MR) is 88.1 cm³/mol. The molecule has 3 N–H and O–H groups in total. The second-order valence-electron chi connectivity index (χ2n) is 5.14. The van der Waals surface area contributed by atoms with Gasteiger partial charge in [-0.2, -0.15) is 11.3 Å². The average Bonchev–Trinajstić information content (AvgIpc) is 3.25. The molecule has 2 heterocycles. The van der Waals surface area contributed by atoms with Crippen molar-refractivity contribution < 1.29 is 24.2 Å². The van der Waals surface area contributed by atoms with Crippen molar-refractivity contribution in [3.8, 4) is 11.5 Å². The topological polar surface area (TPSA) is 96.9 Å². The van der Waals surface area contributed by atoms with Crippen LogP contribution in [0.1, 0.15) is 18.1 Å². The van der Waals surface area contributed by atoms with Crippen molar-refractivity contribution in [2.24, 2.45) is 0 Å². The summed E-state index contributed by atoms with van der Waals surface area (Å²) in [6.07, 6.45) is -0.326. The molecule has 0 saturated heterocycles. The summed E-state index contributed by atoms with van der Waals surface area (Å²) >= 11 is 1.49. The van der Waals surface area contributed by atoms with Crippen LogP contribution in [0.4, 0.5) is 5.69 Å². The highest BCUT2D eigenvalue weighted by atomic mass is 32.1. The van der Waals surface area contributed by atoms with E-state index in [1.807, 2.05) is 16.8 Å². The predicted octanol–water partition coefficient (Wildman–Crippen LogP) is 1.66. The number of aliphatic hydroxyl groups excluding tert-OH is 1. The number of amides is 2. The molecule has 7 nitrogen and oxygen atoms in total. The molecule has 0 aliphatic carbocycles. The molecule has 1 aromatic heterocycles. The second kappa shape index (κ2) is 7.33. The van der Waals surface area contributed by atoms with Crippen LogP contribution in [0, 0.1) is 0 Å². The maximum absolute atomic E-state index is 11.9. The molecule has 24 heavy (non-hydrogen) atoms. The molecule has 1 atom stereocenters. The summed E-state index contributed by atoms with van der Waals surface area (Å²) in [5.41, 5.74) is 1.25. The highest BCUT2D eigenvalue weighted by Crippen LogP contribution is 2.34. The van der Waals surface area contributed by atoms with Gasteiger partial charge in [-0.05, 0) is 40.9 Å². The van der Waals surface area contributed by atoms with Crippen LogP contribution in [-0.2, 0) is 9.59 Å². The van der Waals surface area contributed by atoms with E-state index in [1.165, 1.54) is 11.3 Å². The minimum Gasteiger partial charge on any atom is -0.454 e. The largest absolute Gasteiger partial charge is 0.454 e. The van der Waals surface area contributed by atoms with Crippen molar-refractivity contribution >= 4 is 28.8 Å². The standard InChI is InChI=1S/C16H16N2O5S/c19-12(10-4-6-24-8-10)3-5-17-15(20)16(21)18-11-1-2-13-14(7-11)23-9-22-13/h1-2,4,6-8,12,19H,3,5,9H2,(H,17,20)(H,18,21)/t12-/m0/s1. The van der Waals surface area contributed by atoms with Gasteiger partial charge in [0.05, 0.1) is 6.10 Å². The van der Waals surface area contributed by atoms with Crippen LogP contribution in [-0.4, -0.2) is 30.3 Å². The molecule has 0 bridgehead atoms. The molecule has 0 saturated carbocycles. The van der Waals surface area contributed by atoms with Crippen LogP contribution in [0.2, 0.25) is 0 Å². The van der Waals surface area contributed by atoms with E-state index in [0.29, 0.717) is 23.6 Å². The van der Waals surface area contributed by atoms with Crippen molar-refractivity contribution in [2.45, 2.75) is 12.5 Å². The number of anilines is 1. The van der Waals surface area contributed by atoms with Gasteiger partial charge in [-0.3, -0.25) is 9.59 Å². The quantitative estimate of drug-likeness (QED) is 0.714. The lowest BCUT2D eigenvalue weighted by atomic mass is 10.1. The Hall–Kier alpha value is -2.58. The molecule has 0 fully saturated rings. The summed E-state index contributed by atoms with van der Waals surface area (Å²) in [6, 6.07) is 6.70. The summed E-state index contributed by atoms with van der Waals surface area (Å²) < 4.78 is 10.4. The summed E-state index contributed by atoms with van der Waals surface area (Å²) in [5, 5.41) is 18.6. The summed E-state index contributed by atoms with van der Waals surface area (Å²) in [5.74, 6) is -0.420. The van der Waals surface area contributed by atoms with Gasteiger partial charge in [-0.15, -0.1) is 0 Å². The van der Waals surface area contributed by atoms with Crippen molar-refractivity contribution in [3.05, 3.63) is 40.6 Å². The van der Waals surface area contributed by atoms with Crippen LogP contribution in [0.25, 0.3) is 0 Å². The Labute approximate surface area is 142 Å². The minimum atomic E-state index is -0.779. The second-order valence-corrected chi connectivity index (χ2v) is 5.92. The lowest BCUT2D eigenvalue weighted by Gasteiger charge is -2.10. The lowest BCUT2D eigenvalue weighted by Crippen LogP contribution is -2.36. The lowest BCUT2D eigenvalue weighted by molar-refractivity contribution is -0.136. The highest BCUT2D eigenvalue weighted by molar-refractivity contribution is 7.07. The van der Waals surface area contributed by atoms with Crippen molar-refractivity contribution in [1.29, 1.82) is 0 Å². The number of hydrogen-bond acceptors (Lipinski definition) is 6. The van der Waals surface area contributed by atoms with Gasteiger partial charge in [0.15, 0.2) is 11.5 Å². The molecule has 0 radical (unpaired) electrons. The Morgan fingerprint density at radius 3 is 2.83 bits per heavy atom. The maximum atomic E-state index is 11.9. The van der Waals surface area contributed by atoms with Crippen LogP contribution in [0.5, 0.6) is 11.5 Å². The van der Waals surface area contributed by atoms with E-state index in [-0.39, 0.29) is 13.3 Å². The van der Waals surface area contributed by atoms with Crippen LogP contribution < -0.4 is 20.1 Å². The maximum Gasteiger partial charge on any atom is 0.313 e. The molecule has 1 aliphatic rings. The van der Waals surface area contributed by atoms with Gasteiger partial charge in [-0.1, -0.05) is 0 Å². The van der Waals surface area contributed by atoms with Crippen molar-refractivity contribution in [3.63, 3.8) is 0 Å². The van der Waals surface area contributed by atoms with Gasteiger partial charge in [0.1, 0.15) is 0 Å². The number of rotatable bonds is 5. The summed E-state index contributed by atoms with van der Waals surface area (Å²) in [6.45, 7) is 0.337. The molecule has 0 unspecified atom stereocenters. The van der Waals surface area contributed by atoms with Crippen molar-refractivity contribution in [2.75, 3.05) is 18.7 Å². The molecule has 1 aliphatic heterocycles. The summed E-state index contributed by atoms with van der Waals surface area (Å²) in [4.78, 5) is 23.7. The molecule has 8 heteroatoms. The van der Waals surface area contributed by atoms with Gasteiger partial charge < -0.3 is 25.2 Å². The number of ether oxygens (including phenoxy) is 2. The van der Waals surface area contributed by atoms with E-state index in [9.17, 15) is 14.7 Å². The smallest absolute Gasteiger partial charge is 0.313 e. The third-order valence-corrected chi connectivity index (χ3v) is 4.17. The SMILES string of the molecule is O=C(NCC[C@H](O)c1ccsc1)C(=O)Nc1ccc2c(c1)OCO2. The number of nitrogens with one attached hydrogen (secondary N) is 2. The number of benzene rings is 1. The van der Waals surface area contributed by atoms with Gasteiger partial charge >= 0.3 is 11.8 Å². The van der Waals surface area contributed by atoms with Gasteiger partial charge in [-0.25, -0.2) is 0 Å². The van der Waals surface area contributed by atoms with Crippen LogP contribution in [0.15, 0.2) is 35.0 Å². The fraction of sp³-hybridized carbons (Fsp3) is 0.250. The average molecular weight is 348 g/mol. The molecule has 3 rings (SSSR count). The van der Waals surface area contributed by atoms with E-state index in [1.54, 1.807) is 18.2 Å². The van der Waals surface area contributed by atoms with Gasteiger partial charge in [0.2, 0.25) is 6.79 Å². The Morgan fingerprint density at radius 2 is 2.04 bits per heavy atom. The molecule has 0 spiro atoms. The number of fused-ring (bicyclic) bond motifs is 1. The molecule has 1 aromatic carbocycles. The zero-order chi connectivity index (χ0) is 16.9. The van der Waals surface area contributed by atoms with E-state index in [4.69, 9.17) is 9.47 Å². The fourth-order valence-electron chi connectivity index (χ4n) is 2.20. The van der Waals surface area contributed by atoms with Gasteiger partial charge in [0.25, 0.3) is 0 Å². The third-order valence-electron chi connectivity index (χ3n) is 3.47. The number of aliphatic hydroxyl groups is 1. The first-order valence-electron chi connectivity index (χ1n) is 7.32. The minimum absolute atomic E-state index is 0.139.